The smallest absolute Gasteiger partial charge is 0.261 e. The second-order valence-corrected chi connectivity index (χ2v) is 5.50. The molecule has 110 valence electrons. The molecule has 1 aliphatic rings. The number of aryl methyl sites for hydroxylation is 1. The lowest BCUT2D eigenvalue weighted by Crippen LogP contribution is -2.44. The Balaban J connectivity index is 1.95. The molecule has 0 bridgehead atoms. The third-order valence-corrected chi connectivity index (χ3v) is 4.08. The fourth-order valence-electron chi connectivity index (χ4n) is 2.91. The third-order valence-electron chi connectivity index (χ3n) is 4.08. The van der Waals surface area contributed by atoms with Crippen LogP contribution in [0.3, 0.4) is 0 Å². The molecule has 1 amide bonds. The SMILES string of the molecule is Cc1c(C(=O)NC2CCNCC2)c(=O)[nH]c2ccccc12. The number of aromatic amines is 1. The molecule has 1 aromatic carbocycles. The molecule has 1 aliphatic heterocycles. The van der Waals surface area contributed by atoms with Gasteiger partial charge in [-0.25, -0.2) is 0 Å². The van der Waals surface area contributed by atoms with Gasteiger partial charge < -0.3 is 15.6 Å². The van der Waals surface area contributed by atoms with Crippen LogP contribution < -0.4 is 16.2 Å². The number of carbonyl (C=O) groups is 1. The maximum Gasteiger partial charge on any atom is 0.261 e. The quantitative estimate of drug-likeness (QED) is 0.779. The molecule has 0 saturated carbocycles. The van der Waals surface area contributed by atoms with E-state index in [0.717, 1.165) is 42.4 Å². The van der Waals surface area contributed by atoms with Crippen LogP contribution in [-0.2, 0) is 0 Å². The van der Waals surface area contributed by atoms with Crippen molar-refractivity contribution in [3.8, 4) is 0 Å². The van der Waals surface area contributed by atoms with E-state index in [2.05, 4.69) is 15.6 Å². The number of aromatic nitrogens is 1. The molecule has 0 spiro atoms. The minimum absolute atomic E-state index is 0.143. The molecule has 0 atom stereocenters. The first-order valence-corrected chi connectivity index (χ1v) is 7.30. The van der Waals surface area contributed by atoms with Crippen molar-refractivity contribution in [3.63, 3.8) is 0 Å². The maximum atomic E-state index is 12.4. The lowest BCUT2D eigenvalue weighted by atomic mass is 10.0. The van der Waals surface area contributed by atoms with Crippen LogP contribution in [0.1, 0.15) is 28.8 Å². The summed E-state index contributed by atoms with van der Waals surface area (Å²) in [7, 11) is 0. The minimum Gasteiger partial charge on any atom is -0.349 e. The molecule has 5 heteroatoms. The van der Waals surface area contributed by atoms with Gasteiger partial charge in [-0.2, -0.15) is 0 Å². The number of hydrogen-bond acceptors (Lipinski definition) is 3. The number of para-hydroxylation sites is 1. The highest BCUT2D eigenvalue weighted by Crippen LogP contribution is 2.17. The molecule has 0 aliphatic carbocycles. The standard InChI is InChI=1S/C16H19N3O2/c1-10-12-4-2-3-5-13(12)19-16(21)14(10)15(20)18-11-6-8-17-9-7-11/h2-5,11,17H,6-9H2,1H3,(H,18,20)(H,19,21). The molecule has 3 N–H and O–H groups in total. The van der Waals surface area contributed by atoms with E-state index in [-0.39, 0.29) is 23.1 Å². The second-order valence-electron chi connectivity index (χ2n) is 5.50. The predicted molar refractivity (Wildman–Crippen MR) is 82.7 cm³/mol. The van der Waals surface area contributed by atoms with E-state index in [9.17, 15) is 9.59 Å². The van der Waals surface area contributed by atoms with Crippen LogP contribution >= 0.6 is 0 Å². The monoisotopic (exact) mass is 285 g/mol. The van der Waals surface area contributed by atoms with Crippen molar-refractivity contribution >= 4 is 16.8 Å². The average molecular weight is 285 g/mol. The summed E-state index contributed by atoms with van der Waals surface area (Å²) >= 11 is 0. The van der Waals surface area contributed by atoms with Gasteiger partial charge in [0.1, 0.15) is 5.56 Å². The normalized spacial score (nSPS) is 16.0. The van der Waals surface area contributed by atoms with E-state index >= 15 is 0 Å². The number of H-pyrrole nitrogens is 1. The Hall–Kier alpha value is -2.14. The highest BCUT2D eigenvalue weighted by Gasteiger charge is 2.20. The summed E-state index contributed by atoms with van der Waals surface area (Å²) < 4.78 is 0. The summed E-state index contributed by atoms with van der Waals surface area (Å²) in [5, 5.41) is 7.15. The molecular weight excluding hydrogens is 266 g/mol. The first-order valence-electron chi connectivity index (χ1n) is 7.30. The number of carbonyl (C=O) groups excluding carboxylic acids is 1. The van der Waals surface area contributed by atoms with Crippen LogP contribution in [0.25, 0.3) is 10.9 Å². The van der Waals surface area contributed by atoms with Crippen LogP contribution in [0.15, 0.2) is 29.1 Å². The summed E-state index contributed by atoms with van der Waals surface area (Å²) in [5.41, 5.74) is 1.41. The summed E-state index contributed by atoms with van der Waals surface area (Å²) in [6, 6.07) is 7.68. The van der Waals surface area contributed by atoms with Crippen molar-refractivity contribution in [2.75, 3.05) is 13.1 Å². The van der Waals surface area contributed by atoms with Crippen LogP contribution in [0, 0.1) is 6.92 Å². The van der Waals surface area contributed by atoms with Crippen LogP contribution in [0.5, 0.6) is 0 Å². The highest BCUT2D eigenvalue weighted by atomic mass is 16.2. The Morgan fingerprint density at radius 2 is 1.95 bits per heavy atom. The fraction of sp³-hybridized carbons (Fsp3) is 0.375. The van der Waals surface area contributed by atoms with E-state index in [1.54, 1.807) is 0 Å². The highest BCUT2D eigenvalue weighted by molar-refractivity contribution is 5.99. The molecule has 3 rings (SSSR count). The first-order chi connectivity index (χ1) is 10.2. The molecule has 2 heterocycles. The topological polar surface area (TPSA) is 74.0 Å². The third kappa shape index (κ3) is 2.69. The first kappa shape index (κ1) is 13.8. The number of nitrogens with one attached hydrogen (secondary N) is 3. The van der Waals surface area contributed by atoms with Gasteiger partial charge in [-0.3, -0.25) is 9.59 Å². The Bertz CT molecular complexity index is 730. The van der Waals surface area contributed by atoms with E-state index in [0.29, 0.717) is 0 Å². The van der Waals surface area contributed by atoms with Gasteiger partial charge in [0.2, 0.25) is 0 Å². The maximum absolute atomic E-state index is 12.4. The number of piperidine rings is 1. The van der Waals surface area contributed by atoms with Crippen molar-refractivity contribution in [3.05, 3.63) is 45.7 Å². The van der Waals surface area contributed by atoms with E-state index in [1.165, 1.54) is 0 Å². The molecule has 1 aromatic heterocycles. The largest absolute Gasteiger partial charge is 0.349 e. The van der Waals surface area contributed by atoms with Gasteiger partial charge in [0, 0.05) is 16.9 Å². The van der Waals surface area contributed by atoms with Gasteiger partial charge in [-0.1, -0.05) is 18.2 Å². The van der Waals surface area contributed by atoms with Crippen molar-refractivity contribution in [2.24, 2.45) is 0 Å². The summed E-state index contributed by atoms with van der Waals surface area (Å²) in [6.07, 6.45) is 1.80. The number of hydrogen-bond donors (Lipinski definition) is 3. The lowest BCUT2D eigenvalue weighted by molar-refractivity contribution is 0.0927. The fourth-order valence-corrected chi connectivity index (χ4v) is 2.91. The Kier molecular flexibility index (Phi) is 3.75. The Morgan fingerprint density at radius 3 is 2.71 bits per heavy atom. The zero-order chi connectivity index (χ0) is 14.8. The second kappa shape index (κ2) is 5.69. The van der Waals surface area contributed by atoms with Crippen LogP contribution in [-0.4, -0.2) is 30.0 Å². The molecule has 0 unspecified atom stereocenters. The van der Waals surface area contributed by atoms with Gasteiger partial charge in [-0.15, -0.1) is 0 Å². The summed E-state index contributed by atoms with van der Waals surface area (Å²) in [4.78, 5) is 27.4. The number of rotatable bonds is 2. The van der Waals surface area contributed by atoms with E-state index in [1.807, 2.05) is 31.2 Å². The average Bonchev–Trinajstić information content (AvgIpc) is 2.48. The minimum atomic E-state index is -0.322. The van der Waals surface area contributed by atoms with Crippen molar-refractivity contribution < 1.29 is 4.79 Å². The van der Waals surface area contributed by atoms with Crippen LogP contribution in [0.2, 0.25) is 0 Å². The molecule has 0 radical (unpaired) electrons. The van der Waals surface area contributed by atoms with Crippen molar-refractivity contribution in [2.45, 2.75) is 25.8 Å². The Labute approximate surface area is 122 Å². The van der Waals surface area contributed by atoms with Crippen molar-refractivity contribution in [1.82, 2.24) is 15.6 Å². The van der Waals surface area contributed by atoms with E-state index < -0.39 is 0 Å². The van der Waals surface area contributed by atoms with Gasteiger partial charge in [-0.05, 0) is 44.5 Å². The molecule has 2 aromatic rings. The molecule has 1 saturated heterocycles. The number of amides is 1. The van der Waals surface area contributed by atoms with Gasteiger partial charge in [0.05, 0.1) is 0 Å². The lowest BCUT2D eigenvalue weighted by Gasteiger charge is -2.23. The van der Waals surface area contributed by atoms with Crippen LogP contribution in [0.4, 0.5) is 0 Å². The number of benzene rings is 1. The van der Waals surface area contributed by atoms with Crippen molar-refractivity contribution in [1.29, 1.82) is 0 Å². The molecule has 5 nitrogen and oxygen atoms in total. The number of pyridine rings is 1. The molecule has 21 heavy (non-hydrogen) atoms. The summed E-state index contributed by atoms with van der Waals surface area (Å²) in [5.74, 6) is -0.272. The van der Waals surface area contributed by atoms with Gasteiger partial charge >= 0.3 is 0 Å². The molecule has 1 fully saturated rings. The van der Waals surface area contributed by atoms with Gasteiger partial charge in [0.25, 0.3) is 11.5 Å². The van der Waals surface area contributed by atoms with E-state index in [4.69, 9.17) is 0 Å². The number of fused-ring (bicyclic) bond motifs is 1. The molecular formula is C16H19N3O2. The zero-order valence-corrected chi connectivity index (χ0v) is 12.0. The van der Waals surface area contributed by atoms with Gasteiger partial charge in [0.15, 0.2) is 0 Å². The summed E-state index contributed by atoms with van der Waals surface area (Å²) in [6.45, 7) is 3.63. The Morgan fingerprint density at radius 1 is 1.24 bits per heavy atom. The zero-order valence-electron chi connectivity index (χ0n) is 12.0. The predicted octanol–water partition coefficient (Wildman–Crippen LogP) is 1.32.